The zero-order chi connectivity index (χ0) is 11.5. The summed E-state index contributed by atoms with van der Waals surface area (Å²) >= 11 is 8.91. The molecule has 1 atom stereocenters. The third-order valence-electron chi connectivity index (χ3n) is 2.45. The van der Waals surface area contributed by atoms with E-state index in [0.29, 0.717) is 35.8 Å². The van der Waals surface area contributed by atoms with Crippen molar-refractivity contribution < 1.29 is 13.9 Å². The molecule has 1 aliphatic rings. The highest BCUT2D eigenvalue weighted by molar-refractivity contribution is 9.10. The predicted octanol–water partition coefficient (Wildman–Crippen LogP) is 2.12. The molecule has 88 valence electrons. The van der Waals surface area contributed by atoms with Gasteiger partial charge in [0.1, 0.15) is 0 Å². The molecule has 1 aromatic rings. The Morgan fingerprint density at radius 2 is 2.50 bits per heavy atom. The number of alkyl halides is 1. The van der Waals surface area contributed by atoms with Gasteiger partial charge in [-0.15, -0.1) is 11.6 Å². The van der Waals surface area contributed by atoms with Gasteiger partial charge in [0.15, 0.2) is 4.67 Å². The first-order chi connectivity index (χ1) is 7.72. The highest BCUT2D eigenvalue weighted by atomic mass is 79.9. The minimum Gasteiger partial charge on any atom is -0.457 e. The van der Waals surface area contributed by atoms with Gasteiger partial charge in [-0.1, -0.05) is 0 Å². The van der Waals surface area contributed by atoms with Crippen LogP contribution in [0.15, 0.2) is 21.4 Å². The van der Waals surface area contributed by atoms with Crippen molar-refractivity contribution >= 4 is 33.4 Å². The summed E-state index contributed by atoms with van der Waals surface area (Å²) < 4.78 is 10.9. The van der Waals surface area contributed by atoms with Crippen molar-refractivity contribution in [3.63, 3.8) is 0 Å². The number of hydrogen-bond acceptors (Lipinski definition) is 3. The smallest absolute Gasteiger partial charge is 0.258 e. The largest absolute Gasteiger partial charge is 0.457 e. The highest BCUT2D eigenvalue weighted by Gasteiger charge is 2.26. The Morgan fingerprint density at radius 1 is 1.69 bits per heavy atom. The van der Waals surface area contributed by atoms with Crippen LogP contribution in [0.1, 0.15) is 10.4 Å². The normalized spacial score (nSPS) is 21.1. The van der Waals surface area contributed by atoms with Crippen molar-refractivity contribution in [2.45, 2.75) is 6.10 Å². The minimum absolute atomic E-state index is 0.0564. The summed E-state index contributed by atoms with van der Waals surface area (Å²) in [6.45, 7) is 1.64. The molecule has 0 N–H and O–H groups in total. The fraction of sp³-hybridized carbons (Fsp3) is 0.500. The van der Waals surface area contributed by atoms with E-state index in [1.54, 1.807) is 11.0 Å². The number of carbonyl (C=O) groups excluding carboxylic acids is 1. The Morgan fingerprint density at radius 3 is 3.12 bits per heavy atom. The van der Waals surface area contributed by atoms with Gasteiger partial charge in [-0.05, 0) is 22.0 Å². The summed E-state index contributed by atoms with van der Waals surface area (Å²) in [7, 11) is 0. The number of ether oxygens (including phenoxy) is 1. The van der Waals surface area contributed by atoms with Crippen LogP contribution in [0.2, 0.25) is 0 Å². The maximum absolute atomic E-state index is 12.1. The van der Waals surface area contributed by atoms with Gasteiger partial charge >= 0.3 is 0 Å². The second-order valence-electron chi connectivity index (χ2n) is 3.51. The number of morpholine rings is 1. The first-order valence-electron chi connectivity index (χ1n) is 4.92. The van der Waals surface area contributed by atoms with Crippen molar-refractivity contribution in [2.24, 2.45) is 0 Å². The van der Waals surface area contributed by atoms with Gasteiger partial charge in [-0.3, -0.25) is 4.79 Å². The molecule has 1 amide bonds. The molecule has 4 nitrogen and oxygen atoms in total. The molecule has 6 heteroatoms. The van der Waals surface area contributed by atoms with Gasteiger partial charge in [0.2, 0.25) is 0 Å². The minimum atomic E-state index is -0.0787. The molecule has 1 fully saturated rings. The van der Waals surface area contributed by atoms with E-state index in [2.05, 4.69) is 15.9 Å². The summed E-state index contributed by atoms with van der Waals surface area (Å²) in [5.74, 6) is 0.343. The molecule has 1 aliphatic heterocycles. The van der Waals surface area contributed by atoms with Crippen LogP contribution >= 0.6 is 27.5 Å². The van der Waals surface area contributed by atoms with Crippen LogP contribution < -0.4 is 0 Å². The topological polar surface area (TPSA) is 42.7 Å². The number of amides is 1. The molecule has 0 saturated carbocycles. The number of nitrogens with zero attached hydrogens (tertiary/aromatic N) is 1. The van der Waals surface area contributed by atoms with Crippen LogP contribution in [0.5, 0.6) is 0 Å². The van der Waals surface area contributed by atoms with Crippen LogP contribution in [0.3, 0.4) is 0 Å². The number of furan rings is 1. The Balaban J connectivity index is 2.07. The van der Waals surface area contributed by atoms with Crippen molar-refractivity contribution in [1.82, 2.24) is 4.90 Å². The second kappa shape index (κ2) is 5.21. The van der Waals surface area contributed by atoms with Crippen molar-refractivity contribution in [2.75, 3.05) is 25.6 Å². The lowest BCUT2D eigenvalue weighted by molar-refractivity contribution is -0.0108. The highest BCUT2D eigenvalue weighted by Crippen LogP contribution is 2.20. The van der Waals surface area contributed by atoms with E-state index in [1.165, 1.54) is 6.26 Å². The first-order valence-corrected chi connectivity index (χ1v) is 6.25. The molecular weight excluding hydrogens is 297 g/mol. The predicted molar refractivity (Wildman–Crippen MR) is 62.8 cm³/mol. The van der Waals surface area contributed by atoms with Crippen LogP contribution in [0, 0.1) is 0 Å². The SMILES string of the molecule is O=C(c1ccoc1Br)N1CCOC(CCl)C1. The van der Waals surface area contributed by atoms with Crippen LogP contribution in [0.25, 0.3) is 0 Å². The Labute approximate surface area is 107 Å². The standard InChI is InChI=1S/C10H11BrClNO3/c11-9-8(1-3-16-9)10(14)13-2-4-15-7(5-12)6-13/h1,3,7H,2,4-6H2. The van der Waals surface area contributed by atoms with Crippen LogP contribution in [-0.2, 0) is 4.74 Å². The molecule has 2 heterocycles. The van der Waals surface area contributed by atoms with Crippen molar-refractivity contribution in [3.05, 3.63) is 22.6 Å². The average molecular weight is 309 g/mol. The monoisotopic (exact) mass is 307 g/mol. The van der Waals surface area contributed by atoms with E-state index in [0.717, 1.165) is 0 Å². The van der Waals surface area contributed by atoms with E-state index < -0.39 is 0 Å². The van der Waals surface area contributed by atoms with Gasteiger partial charge in [0, 0.05) is 13.1 Å². The Kier molecular flexibility index (Phi) is 3.89. The number of halogens is 2. The second-order valence-corrected chi connectivity index (χ2v) is 4.54. The summed E-state index contributed by atoms with van der Waals surface area (Å²) in [5.41, 5.74) is 0.537. The molecule has 0 radical (unpaired) electrons. The molecule has 0 bridgehead atoms. The molecule has 16 heavy (non-hydrogen) atoms. The van der Waals surface area contributed by atoms with E-state index >= 15 is 0 Å². The quantitative estimate of drug-likeness (QED) is 0.786. The molecular formula is C10H11BrClNO3. The zero-order valence-corrected chi connectivity index (χ0v) is 10.8. The lowest BCUT2D eigenvalue weighted by atomic mass is 10.2. The maximum atomic E-state index is 12.1. The van der Waals surface area contributed by atoms with E-state index in [9.17, 15) is 4.79 Å². The van der Waals surface area contributed by atoms with Gasteiger partial charge in [-0.2, -0.15) is 0 Å². The van der Waals surface area contributed by atoms with Gasteiger partial charge in [0.25, 0.3) is 5.91 Å². The van der Waals surface area contributed by atoms with Crippen LogP contribution in [-0.4, -0.2) is 42.5 Å². The number of rotatable bonds is 2. The van der Waals surface area contributed by atoms with Gasteiger partial charge in [0.05, 0.1) is 30.4 Å². The molecule has 1 unspecified atom stereocenters. The van der Waals surface area contributed by atoms with Crippen molar-refractivity contribution in [1.29, 1.82) is 0 Å². The zero-order valence-electron chi connectivity index (χ0n) is 8.49. The molecule has 0 aliphatic carbocycles. The van der Waals surface area contributed by atoms with Gasteiger partial charge < -0.3 is 14.1 Å². The summed E-state index contributed by atoms with van der Waals surface area (Å²) in [6, 6.07) is 1.65. The lowest BCUT2D eigenvalue weighted by Gasteiger charge is -2.31. The lowest BCUT2D eigenvalue weighted by Crippen LogP contribution is -2.46. The molecule has 0 spiro atoms. The summed E-state index contributed by atoms with van der Waals surface area (Å²) in [5, 5.41) is 0. The fourth-order valence-electron chi connectivity index (χ4n) is 1.61. The summed E-state index contributed by atoms with van der Waals surface area (Å²) in [4.78, 5) is 13.8. The van der Waals surface area contributed by atoms with E-state index in [-0.39, 0.29) is 12.0 Å². The maximum Gasteiger partial charge on any atom is 0.258 e. The molecule has 1 saturated heterocycles. The third-order valence-corrected chi connectivity index (χ3v) is 3.40. The Hall–Kier alpha value is -0.520. The van der Waals surface area contributed by atoms with Crippen molar-refractivity contribution in [3.8, 4) is 0 Å². The Bertz CT molecular complexity index is 382. The molecule has 2 rings (SSSR count). The first kappa shape index (κ1) is 12.0. The van der Waals surface area contributed by atoms with E-state index in [1.807, 2.05) is 0 Å². The van der Waals surface area contributed by atoms with Gasteiger partial charge in [-0.25, -0.2) is 0 Å². The average Bonchev–Trinajstić information content (AvgIpc) is 2.74. The summed E-state index contributed by atoms with van der Waals surface area (Å²) in [6.07, 6.45) is 1.40. The van der Waals surface area contributed by atoms with Crippen LogP contribution in [0.4, 0.5) is 0 Å². The van der Waals surface area contributed by atoms with E-state index in [4.69, 9.17) is 20.8 Å². The fourth-order valence-corrected chi connectivity index (χ4v) is 2.21. The third kappa shape index (κ3) is 2.42. The molecule has 1 aromatic heterocycles. The molecule has 0 aromatic carbocycles. The number of hydrogen-bond donors (Lipinski definition) is 0. The number of carbonyl (C=O) groups is 1.